The van der Waals surface area contributed by atoms with Crippen molar-refractivity contribution < 1.29 is 17.9 Å². The van der Waals surface area contributed by atoms with Crippen LogP contribution in [0.3, 0.4) is 0 Å². The molecule has 0 bridgehead atoms. The summed E-state index contributed by atoms with van der Waals surface area (Å²) in [5, 5.41) is 3.03. The normalized spacial score (nSPS) is 11.9. The van der Waals surface area contributed by atoms with Crippen molar-refractivity contribution in [3.05, 3.63) is 0 Å². The van der Waals surface area contributed by atoms with Crippen LogP contribution in [-0.4, -0.2) is 59.9 Å². The largest absolute Gasteiger partial charge is 0.385 e. The van der Waals surface area contributed by atoms with E-state index in [0.717, 1.165) is 0 Å². The number of sulfone groups is 1. The third-order valence-electron chi connectivity index (χ3n) is 2.02. The van der Waals surface area contributed by atoms with Crippen molar-refractivity contribution in [2.45, 2.75) is 13.3 Å². The third kappa shape index (κ3) is 10.4. The minimum absolute atomic E-state index is 0.183. The quantitative estimate of drug-likeness (QED) is 0.528. The predicted octanol–water partition coefficient (Wildman–Crippen LogP) is 0.0638. The molecule has 98 valence electrons. The summed E-state index contributed by atoms with van der Waals surface area (Å²) in [7, 11) is -1.36. The van der Waals surface area contributed by atoms with Gasteiger partial charge < -0.3 is 14.8 Å². The molecule has 0 atom stereocenters. The van der Waals surface area contributed by atoms with Crippen molar-refractivity contribution in [2.24, 2.45) is 0 Å². The van der Waals surface area contributed by atoms with E-state index < -0.39 is 9.84 Å². The number of rotatable bonds is 11. The summed E-state index contributed by atoms with van der Waals surface area (Å²) in [6.45, 7) is 4.93. The Morgan fingerprint density at radius 2 is 1.88 bits per heavy atom. The molecule has 1 N–H and O–H groups in total. The van der Waals surface area contributed by atoms with Crippen LogP contribution < -0.4 is 5.32 Å². The molecule has 0 fully saturated rings. The zero-order valence-electron chi connectivity index (χ0n) is 10.2. The Hall–Kier alpha value is -0.170. The molecule has 0 rings (SSSR count). The van der Waals surface area contributed by atoms with Gasteiger partial charge in [0.05, 0.1) is 18.1 Å². The van der Waals surface area contributed by atoms with Gasteiger partial charge in [0.1, 0.15) is 0 Å². The Balaban J connectivity index is 3.43. The van der Waals surface area contributed by atoms with E-state index in [-0.39, 0.29) is 11.5 Å². The van der Waals surface area contributed by atoms with Gasteiger partial charge in [0.2, 0.25) is 0 Å². The van der Waals surface area contributed by atoms with Gasteiger partial charge in [-0.25, -0.2) is 8.42 Å². The summed E-state index contributed by atoms with van der Waals surface area (Å²) >= 11 is 0. The van der Waals surface area contributed by atoms with Gasteiger partial charge in [-0.05, 0) is 13.3 Å². The van der Waals surface area contributed by atoms with E-state index in [9.17, 15) is 8.42 Å². The zero-order valence-corrected chi connectivity index (χ0v) is 11.0. The Labute approximate surface area is 98.4 Å². The molecular weight excluding hydrogens is 230 g/mol. The number of nitrogens with one attached hydrogen (secondary N) is 1. The fraction of sp³-hybridized carbons (Fsp3) is 1.00. The maximum absolute atomic E-state index is 11.5. The Morgan fingerprint density at radius 1 is 1.12 bits per heavy atom. The number of ether oxygens (including phenoxy) is 2. The molecule has 0 saturated carbocycles. The Kier molecular flexibility index (Phi) is 9.91. The van der Waals surface area contributed by atoms with Crippen LogP contribution in [0.5, 0.6) is 0 Å². The molecule has 0 aliphatic rings. The molecule has 0 unspecified atom stereocenters. The predicted molar refractivity (Wildman–Crippen MR) is 64.5 cm³/mol. The second-order valence-electron chi connectivity index (χ2n) is 3.45. The van der Waals surface area contributed by atoms with Crippen molar-refractivity contribution in [2.75, 3.05) is 51.5 Å². The van der Waals surface area contributed by atoms with E-state index in [1.165, 1.54) is 0 Å². The standard InChI is InChI=1S/C10H23NO4S/c1-3-15-8-5-11-6-10-16(12,13)9-4-7-14-2/h11H,3-10H2,1-2H3. The molecule has 0 aromatic rings. The van der Waals surface area contributed by atoms with E-state index in [1.807, 2.05) is 6.92 Å². The highest BCUT2D eigenvalue weighted by Gasteiger charge is 2.09. The van der Waals surface area contributed by atoms with E-state index in [4.69, 9.17) is 9.47 Å². The Morgan fingerprint density at radius 3 is 2.50 bits per heavy atom. The Bertz CT molecular complexity index is 241. The van der Waals surface area contributed by atoms with Crippen molar-refractivity contribution in [1.82, 2.24) is 5.32 Å². The lowest BCUT2D eigenvalue weighted by molar-refractivity contribution is 0.150. The molecule has 0 radical (unpaired) electrons. The average molecular weight is 253 g/mol. The molecule has 0 aliphatic heterocycles. The summed E-state index contributed by atoms with van der Waals surface area (Å²) in [6, 6.07) is 0. The summed E-state index contributed by atoms with van der Waals surface area (Å²) in [4.78, 5) is 0. The highest BCUT2D eigenvalue weighted by Crippen LogP contribution is 1.93. The second-order valence-corrected chi connectivity index (χ2v) is 5.75. The summed E-state index contributed by atoms with van der Waals surface area (Å²) in [5.41, 5.74) is 0. The molecule has 6 heteroatoms. The summed E-state index contributed by atoms with van der Waals surface area (Å²) in [6.07, 6.45) is 0.567. The van der Waals surface area contributed by atoms with Crippen LogP contribution in [-0.2, 0) is 19.3 Å². The van der Waals surface area contributed by atoms with Crippen LogP contribution in [0, 0.1) is 0 Å². The lowest BCUT2D eigenvalue weighted by Gasteiger charge is -2.06. The molecule has 0 saturated heterocycles. The van der Waals surface area contributed by atoms with Crippen molar-refractivity contribution in [3.63, 3.8) is 0 Å². The van der Waals surface area contributed by atoms with Gasteiger partial charge in [-0.15, -0.1) is 0 Å². The molecule has 0 spiro atoms. The topological polar surface area (TPSA) is 64.6 Å². The number of hydrogen-bond donors (Lipinski definition) is 1. The smallest absolute Gasteiger partial charge is 0.151 e. The number of hydrogen-bond acceptors (Lipinski definition) is 5. The maximum atomic E-state index is 11.5. The average Bonchev–Trinajstić information content (AvgIpc) is 2.23. The van der Waals surface area contributed by atoms with Gasteiger partial charge in [0.15, 0.2) is 9.84 Å². The SMILES string of the molecule is CCOCCNCCS(=O)(=O)CCCOC. The van der Waals surface area contributed by atoms with Gasteiger partial charge in [0, 0.05) is 33.4 Å². The molecule has 5 nitrogen and oxygen atoms in total. The van der Waals surface area contributed by atoms with E-state index in [2.05, 4.69) is 5.32 Å². The first-order chi connectivity index (χ1) is 7.62. The molecule has 0 amide bonds. The monoisotopic (exact) mass is 253 g/mol. The minimum atomic E-state index is -2.93. The fourth-order valence-corrected chi connectivity index (χ4v) is 2.38. The molecule has 16 heavy (non-hydrogen) atoms. The first-order valence-electron chi connectivity index (χ1n) is 5.60. The molecule has 0 heterocycles. The van der Waals surface area contributed by atoms with Gasteiger partial charge in [-0.1, -0.05) is 0 Å². The number of methoxy groups -OCH3 is 1. The molecule has 0 aliphatic carbocycles. The maximum Gasteiger partial charge on any atom is 0.151 e. The fourth-order valence-electron chi connectivity index (χ4n) is 1.17. The summed E-state index contributed by atoms with van der Waals surface area (Å²) < 4.78 is 32.9. The highest BCUT2D eigenvalue weighted by molar-refractivity contribution is 7.91. The van der Waals surface area contributed by atoms with Crippen LogP contribution >= 0.6 is 0 Å². The lowest BCUT2D eigenvalue weighted by Crippen LogP contribution is -2.27. The lowest BCUT2D eigenvalue weighted by atomic mass is 10.5. The van der Waals surface area contributed by atoms with Gasteiger partial charge in [0.25, 0.3) is 0 Å². The van der Waals surface area contributed by atoms with Crippen LogP contribution in [0.15, 0.2) is 0 Å². The first-order valence-corrected chi connectivity index (χ1v) is 7.42. The van der Waals surface area contributed by atoms with Crippen molar-refractivity contribution in [3.8, 4) is 0 Å². The van der Waals surface area contributed by atoms with E-state index in [0.29, 0.717) is 39.3 Å². The van der Waals surface area contributed by atoms with Crippen molar-refractivity contribution in [1.29, 1.82) is 0 Å². The summed E-state index contributed by atoms with van der Waals surface area (Å²) in [5.74, 6) is 0.386. The molecule has 0 aromatic carbocycles. The molecule has 0 aromatic heterocycles. The van der Waals surface area contributed by atoms with Crippen LogP contribution in [0.1, 0.15) is 13.3 Å². The van der Waals surface area contributed by atoms with Gasteiger partial charge in [-0.2, -0.15) is 0 Å². The third-order valence-corrected chi connectivity index (χ3v) is 3.76. The van der Waals surface area contributed by atoms with Crippen LogP contribution in [0.2, 0.25) is 0 Å². The first kappa shape index (κ1) is 15.8. The second kappa shape index (κ2) is 10.0. The van der Waals surface area contributed by atoms with Crippen LogP contribution in [0.25, 0.3) is 0 Å². The van der Waals surface area contributed by atoms with E-state index in [1.54, 1.807) is 7.11 Å². The van der Waals surface area contributed by atoms with Gasteiger partial charge in [-0.3, -0.25) is 0 Å². The van der Waals surface area contributed by atoms with Crippen LogP contribution in [0.4, 0.5) is 0 Å². The highest BCUT2D eigenvalue weighted by atomic mass is 32.2. The zero-order chi connectivity index (χ0) is 12.3. The van der Waals surface area contributed by atoms with E-state index >= 15 is 0 Å². The molecular formula is C10H23NO4S. The van der Waals surface area contributed by atoms with Crippen molar-refractivity contribution >= 4 is 9.84 Å². The van der Waals surface area contributed by atoms with Gasteiger partial charge >= 0.3 is 0 Å². The minimum Gasteiger partial charge on any atom is -0.385 e.